The van der Waals surface area contributed by atoms with Gasteiger partial charge in [0, 0.05) is 30.9 Å². The number of amides is 2. The van der Waals surface area contributed by atoms with Gasteiger partial charge >= 0.3 is 5.97 Å². The fraction of sp³-hybridized carbons (Fsp3) is 0.360. The van der Waals surface area contributed by atoms with Crippen LogP contribution in [0.25, 0.3) is 0 Å². The van der Waals surface area contributed by atoms with E-state index in [1.807, 2.05) is 12.1 Å². The number of carbonyl (C=O) groups excluding carboxylic acids is 3. The van der Waals surface area contributed by atoms with E-state index in [4.69, 9.17) is 10.00 Å². The second kappa shape index (κ2) is 11.2. The average Bonchev–Trinajstić information content (AvgIpc) is 2.85. The summed E-state index contributed by atoms with van der Waals surface area (Å²) in [6.07, 6.45) is -0.00947. The summed E-state index contributed by atoms with van der Waals surface area (Å²) in [4.78, 5) is 41.3. The minimum Gasteiger partial charge on any atom is -0.452 e. The van der Waals surface area contributed by atoms with Crippen molar-refractivity contribution in [3.05, 3.63) is 66.0 Å². The molecule has 1 aliphatic heterocycles. The Morgan fingerprint density at radius 3 is 2.36 bits per heavy atom. The van der Waals surface area contributed by atoms with Crippen molar-refractivity contribution < 1.29 is 23.5 Å². The third-order valence-electron chi connectivity index (χ3n) is 5.63. The first-order valence-corrected chi connectivity index (χ1v) is 10.9. The van der Waals surface area contributed by atoms with E-state index in [0.29, 0.717) is 37.2 Å². The molecule has 7 nitrogen and oxygen atoms in total. The number of hydrogen-bond donors (Lipinski definition) is 0. The molecule has 0 spiro atoms. The first-order valence-electron chi connectivity index (χ1n) is 10.9. The van der Waals surface area contributed by atoms with Gasteiger partial charge in [0.1, 0.15) is 5.82 Å². The molecule has 3 rings (SSSR count). The van der Waals surface area contributed by atoms with Crippen LogP contribution < -0.4 is 4.90 Å². The highest BCUT2D eigenvalue weighted by atomic mass is 19.1. The molecule has 0 N–H and O–H groups in total. The van der Waals surface area contributed by atoms with Crippen LogP contribution in [0.15, 0.2) is 54.6 Å². The highest BCUT2D eigenvalue weighted by Gasteiger charge is 2.32. The molecule has 2 aromatic rings. The predicted octanol–water partition coefficient (Wildman–Crippen LogP) is 3.56. The monoisotopic (exact) mass is 451 g/mol. The molecule has 0 bridgehead atoms. The molecule has 1 saturated heterocycles. The standard InChI is InChI=1S/C25H26FN3O4/c1-18(23(30)29(15-5-14-27)22-6-3-2-4-7-22)33-25(32)20-12-16-28(17-13-20)24(31)19-8-10-21(26)11-9-19/h2-4,6-11,18,20H,5,12-13,15-17H2,1H3/t18-/m0/s1. The third-order valence-corrected chi connectivity index (χ3v) is 5.63. The average molecular weight is 451 g/mol. The third kappa shape index (κ3) is 6.16. The molecule has 2 aromatic carbocycles. The zero-order chi connectivity index (χ0) is 23.8. The second-order valence-corrected chi connectivity index (χ2v) is 7.89. The number of benzene rings is 2. The number of carbonyl (C=O) groups is 3. The Morgan fingerprint density at radius 2 is 1.76 bits per heavy atom. The lowest BCUT2D eigenvalue weighted by Crippen LogP contribution is -2.44. The molecule has 0 aliphatic carbocycles. The lowest BCUT2D eigenvalue weighted by molar-refractivity contribution is -0.159. The van der Waals surface area contributed by atoms with Gasteiger partial charge in [-0.2, -0.15) is 5.26 Å². The molecular formula is C25H26FN3O4. The van der Waals surface area contributed by atoms with Gasteiger partial charge < -0.3 is 14.5 Å². The van der Waals surface area contributed by atoms with Crippen LogP contribution in [-0.2, 0) is 14.3 Å². The molecule has 172 valence electrons. The van der Waals surface area contributed by atoms with Gasteiger partial charge in [-0.15, -0.1) is 0 Å². The Morgan fingerprint density at radius 1 is 1.12 bits per heavy atom. The number of nitriles is 1. The van der Waals surface area contributed by atoms with Crippen molar-refractivity contribution in [1.82, 2.24) is 4.90 Å². The molecule has 8 heteroatoms. The lowest BCUT2D eigenvalue weighted by Gasteiger charge is -2.32. The molecule has 2 amide bonds. The molecule has 1 aliphatic rings. The number of para-hydroxylation sites is 1. The topological polar surface area (TPSA) is 90.7 Å². The zero-order valence-corrected chi connectivity index (χ0v) is 18.4. The molecule has 33 heavy (non-hydrogen) atoms. The van der Waals surface area contributed by atoms with Crippen LogP contribution in [0, 0.1) is 23.1 Å². The number of anilines is 1. The highest BCUT2D eigenvalue weighted by molar-refractivity contribution is 5.97. The maximum atomic E-state index is 13.1. The van der Waals surface area contributed by atoms with Gasteiger partial charge in [-0.25, -0.2) is 4.39 Å². The lowest BCUT2D eigenvalue weighted by atomic mass is 9.96. The summed E-state index contributed by atoms with van der Waals surface area (Å²) in [5.41, 5.74) is 1.03. The van der Waals surface area contributed by atoms with Gasteiger partial charge in [0.05, 0.1) is 18.4 Å². The Kier molecular flexibility index (Phi) is 8.14. The van der Waals surface area contributed by atoms with Gasteiger partial charge in [-0.1, -0.05) is 18.2 Å². The summed E-state index contributed by atoms with van der Waals surface area (Å²) in [7, 11) is 0. The van der Waals surface area contributed by atoms with Crippen molar-refractivity contribution >= 4 is 23.5 Å². The summed E-state index contributed by atoms with van der Waals surface area (Å²) in [5, 5.41) is 8.93. The van der Waals surface area contributed by atoms with Crippen molar-refractivity contribution in [3.63, 3.8) is 0 Å². The van der Waals surface area contributed by atoms with E-state index in [2.05, 4.69) is 0 Å². The number of rotatable bonds is 7. The van der Waals surface area contributed by atoms with Gasteiger partial charge in [-0.05, 0) is 56.2 Å². The fourth-order valence-corrected chi connectivity index (χ4v) is 3.77. The molecular weight excluding hydrogens is 425 g/mol. The van der Waals surface area contributed by atoms with Crippen LogP contribution in [0.3, 0.4) is 0 Å². The van der Waals surface area contributed by atoms with Crippen molar-refractivity contribution in [3.8, 4) is 6.07 Å². The maximum Gasteiger partial charge on any atom is 0.309 e. The van der Waals surface area contributed by atoms with Gasteiger partial charge in [0.15, 0.2) is 6.10 Å². The van der Waals surface area contributed by atoms with E-state index in [1.54, 1.807) is 29.2 Å². The Labute approximate surface area is 192 Å². The number of esters is 1. The van der Waals surface area contributed by atoms with Crippen LogP contribution in [0.4, 0.5) is 10.1 Å². The molecule has 0 saturated carbocycles. The summed E-state index contributed by atoms with van der Waals surface area (Å²) in [5.74, 6) is -1.90. The van der Waals surface area contributed by atoms with Crippen LogP contribution in [-0.4, -0.2) is 48.4 Å². The van der Waals surface area contributed by atoms with E-state index < -0.39 is 29.7 Å². The summed E-state index contributed by atoms with van der Waals surface area (Å²) in [6.45, 7) is 2.47. The first kappa shape index (κ1) is 23.9. The maximum absolute atomic E-state index is 13.1. The number of likely N-dealkylation sites (tertiary alicyclic amines) is 1. The predicted molar refractivity (Wildman–Crippen MR) is 120 cm³/mol. The zero-order valence-electron chi connectivity index (χ0n) is 18.4. The number of nitrogens with zero attached hydrogens (tertiary/aromatic N) is 3. The van der Waals surface area contributed by atoms with Crippen LogP contribution in [0.2, 0.25) is 0 Å². The van der Waals surface area contributed by atoms with Gasteiger partial charge in [0.2, 0.25) is 0 Å². The van der Waals surface area contributed by atoms with E-state index in [0.717, 1.165) is 0 Å². The van der Waals surface area contributed by atoms with Crippen LogP contribution in [0.5, 0.6) is 0 Å². The molecule has 1 atom stereocenters. The number of hydrogen-bond acceptors (Lipinski definition) is 5. The van der Waals surface area contributed by atoms with Crippen molar-refractivity contribution in [1.29, 1.82) is 5.26 Å². The van der Waals surface area contributed by atoms with Crippen LogP contribution in [0.1, 0.15) is 36.5 Å². The smallest absolute Gasteiger partial charge is 0.309 e. The Hall–Kier alpha value is -3.73. The van der Waals surface area contributed by atoms with E-state index in [-0.39, 0.29) is 18.9 Å². The van der Waals surface area contributed by atoms with E-state index in [9.17, 15) is 18.8 Å². The van der Waals surface area contributed by atoms with Gasteiger partial charge in [-0.3, -0.25) is 14.4 Å². The number of ether oxygens (including phenoxy) is 1. The number of halogens is 1. The van der Waals surface area contributed by atoms with Crippen molar-refractivity contribution in [2.75, 3.05) is 24.5 Å². The number of piperidine rings is 1. The summed E-state index contributed by atoms with van der Waals surface area (Å²) in [6, 6.07) is 16.3. The Bertz CT molecular complexity index is 1010. The molecule has 1 heterocycles. The first-order chi connectivity index (χ1) is 15.9. The quantitative estimate of drug-likeness (QED) is 0.601. The van der Waals surface area contributed by atoms with Gasteiger partial charge in [0.25, 0.3) is 11.8 Å². The van der Waals surface area contributed by atoms with E-state index in [1.165, 1.54) is 36.1 Å². The van der Waals surface area contributed by atoms with Crippen molar-refractivity contribution in [2.24, 2.45) is 5.92 Å². The normalized spacial score (nSPS) is 14.8. The SMILES string of the molecule is C[C@H](OC(=O)C1CCN(C(=O)c2ccc(F)cc2)CC1)C(=O)N(CCC#N)c1ccccc1. The Balaban J connectivity index is 1.55. The highest BCUT2D eigenvalue weighted by Crippen LogP contribution is 2.22. The second-order valence-electron chi connectivity index (χ2n) is 7.89. The van der Waals surface area contributed by atoms with Crippen molar-refractivity contribution in [2.45, 2.75) is 32.3 Å². The van der Waals surface area contributed by atoms with Crippen LogP contribution >= 0.6 is 0 Å². The molecule has 1 fully saturated rings. The van der Waals surface area contributed by atoms with E-state index >= 15 is 0 Å². The molecule has 0 aromatic heterocycles. The summed E-state index contributed by atoms with van der Waals surface area (Å²) < 4.78 is 18.6. The largest absolute Gasteiger partial charge is 0.452 e. The molecule has 0 unspecified atom stereocenters. The summed E-state index contributed by atoms with van der Waals surface area (Å²) >= 11 is 0. The molecule has 0 radical (unpaired) electrons. The minimum absolute atomic E-state index is 0.155. The minimum atomic E-state index is -1.00. The fourth-order valence-electron chi connectivity index (χ4n) is 3.77.